The molecule has 0 unspecified atom stereocenters. The predicted molar refractivity (Wildman–Crippen MR) is 171 cm³/mol. The number of hydrogen-bond acceptors (Lipinski definition) is 14. The molecule has 0 saturated heterocycles. The van der Waals surface area contributed by atoms with Gasteiger partial charge in [0, 0.05) is 37.7 Å². The zero-order valence-electron chi connectivity index (χ0n) is 25.3. The van der Waals surface area contributed by atoms with Crippen LogP contribution in [0, 0.1) is 20.2 Å². The summed E-state index contributed by atoms with van der Waals surface area (Å²) < 4.78 is 11.6. The molecule has 2 heterocycles. The van der Waals surface area contributed by atoms with E-state index in [1.165, 1.54) is 0 Å². The van der Waals surface area contributed by atoms with Gasteiger partial charge in [-0.25, -0.2) is 0 Å². The van der Waals surface area contributed by atoms with Gasteiger partial charge in [0.2, 0.25) is 0 Å². The van der Waals surface area contributed by atoms with E-state index in [-0.39, 0.29) is 0 Å². The van der Waals surface area contributed by atoms with Gasteiger partial charge in [-0.05, 0) is 58.9 Å². The third kappa shape index (κ3) is 17.4. The average Bonchev–Trinajstić information content (AvgIpc) is 3.55. The molecule has 0 amide bonds. The summed E-state index contributed by atoms with van der Waals surface area (Å²) in [5, 5.41) is 34.3. The first kappa shape index (κ1) is 35.9. The summed E-state index contributed by atoms with van der Waals surface area (Å²) in [6.07, 6.45) is 2.39. The highest BCUT2D eigenvalue weighted by Crippen LogP contribution is 2.17. The van der Waals surface area contributed by atoms with E-state index in [9.17, 15) is 20.2 Å². The van der Waals surface area contributed by atoms with Crippen LogP contribution in [0.2, 0.25) is 0 Å². The molecule has 0 aromatic carbocycles. The highest BCUT2D eigenvalue weighted by Gasteiger charge is 2.07. The molecule has 0 aliphatic carbocycles. The molecular weight excluding hydrogens is 596 g/mol. The zero-order chi connectivity index (χ0) is 31.5. The Hall–Kier alpha value is -3.34. The number of nitro groups is 2. The maximum absolute atomic E-state index is 11.0. The van der Waals surface area contributed by atoms with Crippen molar-refractivity contribution in [2.75, 3.05) is 65.9 Å². The second-order valence-corrected chi connectivity index (χ2v) is 12.2. The zero-order valence-corrected chi connectivity index (χ0v) is 26.9. The molecule has 0 bridgehead atoms. The third-order valence-electron chi connectivity index (χ3n) is 5.44. The van der Waals surface area contributed by atoms with Crippen molar-refractivity contribution in [3.05, 3.63) is 91.6 Å². The Labute approximate surface area is 261 Å². The summed E-state index contributed by atoms with van der Waals surface area (Å²) in [5.74, 6) is 7.18. The van der Waals surface area contributed by atoms with Gasteiger partial charge in [-0.1, -0.05) is 0 Å². The van der Waals surface area contributed by atoms with Crippen LogP contribution in [0.3, 0.4) is 0 Å². The van der Waals surface area contributed by atoms with Gasteiger partial charge in [0.05, 0.1) is 34.4 Å². The van der Waals surface area contributed by atoms with Crippen LogP contribution in [0.15, 0.2) is 57.1 Å². The van der Waals surface area contributed by atoms with Crippen molar-refractivity contribution in [2.45, 2.75) is 31.0 Å². The van der Waals surface area contributed by atoms with Crippen LogP contribution < -0.4 is 21.3 Å². The minimum Gasteiger partial charge on any atom is -0.464 e. The van der Waals surface area contributed by atoms with Gasteiger partial charge in [-0.3, -0.25) is 20.2 Å². The van der Waals surface area contributed by atoms with E-state index >= 15 is 0 Å². The van der Waals surface area contributed by atoms with E-state index in [4.69, 9.17) is 8.83 Å². The second-order valence-electron chi connectivity index (χ2n) is 10.0. The Bertz CT molecular complexity index is 1080. The summed E-state index contributed by atoms with van der Waals surface area (Å²) in [6.45, 7) is 3.45. The van der Waals surface area contributed by atoms with Gasteiger partial charge >= 0.3 is 0 Å². The highest BCUT2D eigenvalue weighted by molar-refractivity contribution is 7.98. The van der Waals surface area contributed by atoms with Gasteiger partial charge in [-0.15, -0.1) is 0 Å². The molecule has 0 spiro atoms. The minimum absolute atomic E-state index is 0.318. The topological polar surface area (TPSA) is 167 Å². The maximum Gasteiger partial charge on any atom is 0.274 e. The normalized spacial score (nSPS) is 12.1. The molecule has 240 valence electrons. The molecule has 14 nitrogen and oxygen atoms in total. The summed E-state index contributed by atoms with van der Waals surface area (Å²) in [7, 11) is 7.94. The molecular formula is C27H44N8O6S2. The van der Waals surface area contributed by atoms with Crippen molar-refractivity contribution < 1.29 is 18.7 Å². The maximum atomic E-state index is 11.0. The Morgan fingerprint density at radius 3 is 1.44 bits per heavy atom. The number of nitrogens with one attached hydrogen (secondary N) is 4. The predicted octanol–water partition coefficient (Wildman–Crippen LogP) is 3.06. The number of thioether (sulfide) groups is 2. The lowest BCUT2D eigenvalue weighted by atomic mass is 10.4. The minimum atomic E-state index is -0.510. The lowest BCUT2D eigenvalue weighted by molar-refractivity contribution is -0.404. The fourth-order valence-electron chi connectivity index (χ4n) is 3.71. The highest BCUT2D eigenvalue weighted by atomic mass is 32.2. The molecule has 0 fully saturated rings. The monoisotopic (exact) mass is 640 g/mol. The summed E-state index contributed by atoms with van der Waals surface area (Å²) >= 11 is 3.34. The van der Waals surface area contributed by atoms with E-state index in [1.54, 1.807) is 23.5 Å². The molecule has 0 atom stereocenters. The fraction of sp³-hybridized carbons (Fsp3) is 0.556. The van der Waals surface area contributed by atoms with Gasteiger partial charge in [0.25, 0.3) is 12.4 Å². The largest absolute Gasteiger partial charge is 0.464 e. The second kappa shape index (κ2) is 20.5. The van der Waals surface area contributed by atoms with E-state index in [1.807, 2.05) is 62.3 Å². The number of furan rings is 2. The lowest BCUT2D eigenvalue weighted by Gasteiger charge is -2.13. The Balaban J connectivity index is 1.62. The van der Waals surface area contributed by atoms with Crippen LogP contribution in [-0.4, -0.2) is 85.5 Å². The Kier molecular flexibility index (Phi) is 17.1. The smallest absolute Gasteiger partial charge is 0.274 e. The number of nitrogens with zero attached hydrogens (tertiary/aromatic N) is 4. The lowest BCUT2D eigenvalue weighted by Crippen LogP contribution is -2.33. The van der Waals surface area contributed by atoms with Gasteiger partial charge in [0.15, 0.2) is 11.6 Å². The van der Waals surface area contributed by atoms with Crippen LogP contribution in [0.5, 0.6) is 0 Å². The quantitative estimate of drug-likeness (QED) is 0.0751. The van der Waals surface area contributed by atoms with Crippen molar-refractivity contribution in [1.29, 1.82) is 0 Å². The molecule has 0 radical (unpaired) electrons. The molecule has 2 rings (SSSR count). The van der Waals surface area contributed by atoms with E-state index in [2.05, 4.69) is 21.3 Å². The Morgan fingerprint density at radius 2 is 1.07 bits per heavy atom. The van der Waals surface area contributed by atoms with Crippen LogP contribution in [-0.2, 0) is 24.6 Å². The first-order valence-electron chi connectivity index (χ1n) is 13.9. The number of rotatable bonds is 24. The standard InChI is InChI=1S/C27H44N8O6S2/c1-32(2)16-22-6-8-24(40-22)20-42-14-12-30-26(18-34(36)37)28-10-5-11-29-27(19-35(38)39)31-13-15-43-21-25-9-7-23(41-25)17-33(3)4/h6-9,18-19,28-31H,5,10-17,20-21H2,1-4H3. The SMILES string of the molecule is CN(C)Cc1ccc(CSCCNC(=C[N+](=O)[O-])NCCCNC(=C[N+](=O)[O-])NCCSCc2ccc(CN(C)C)o2)o1. The van der Waals surface area contributed by atoms with Crippen LogP contribution in [0.1, 0.15) is 29.5 Å². The fourth-order valence-corrected chi connectivity index (χ4v) is 5.20. The molecule has 43 heavy (non-hydrogen) atoms. The molecule has 2 aromatic heterocycles. The molecule has 16 heteroatoms. The first-order valence-corrected chi connectivity index (χ1v) is 16.2. The van der Waals surface area contributed by atoms with Crippen LogP contribution >= 0.6 is 23.5 Å². The summed E-state index contributed by atoms with van der Waals surface area (Å²) in [5.41, 5.74) is 0. The van der Waals surface area contributed by atoms with Crippen LogP contribution in [0.25, 0.3) is 0 Å². The third-order valence-corrected chi connectivity index (χ3v) is 7.41. The summed E-state index contributed by atoms with van der Waals surface area (Å²) in [6, 6.07) is 7.89. The van der Waals surface area contributed by atoms with E-state index in [0.717, 1.165) is 71.5 Å². The van der Waals surface area contributed by atoms with Gasteiger partial charge < -0.3 is 39.9 Å². The molecule has 0 aliphatic rings. The van der Waals surface area contributed by atoms with E-state index < -0.39 is 9.85 Å². The molecule has 4 N–H and O–H groups in total. The van der Waals surface area contributed by atoms with E-state index in [0.29, 0.717) is 44.2 Å². The van der Waals surface area contributed by atoms with Crippen molar-refractivity contribution in [3.8, 4) is 0 Å². The van der Waals surface area contributed by atoms with Crippen molar-refractivity contribution in [2.24, 2.45) is 0 Å². The molecule has 2 aromatic rings. The van der Waals surface area contributed by atoms with Gasteiger partial charge in [0.1, 0.15) is 23.0 Å². The van der Waals surface area contributed by atoms with Crippen molar-refractivity contribution in [3.63, 3.8) is 0 Å². The van der Waals surface area contributed by atoms with Crippen molar-refractivity contribution in [1.82, 2.24) is 31.1 Å². The number of hydrogen-bond donors (Lipinski definition) is 4. The Morgan fingerprint density at radius 1 is 0.698 bits per heavy atom. The average molecular weight is 641 g/mol. The molecule has 0 saturated carbocycles. The first-order chi connectivity index (χ1) is 20.6. The molecule has 0 aliphatic heterocycles. The van der Waals surface area contributed by atoms with Crippen molar-refractivity contribution >= 4 is 23.5 Å². The summed E-state index contributed by atoms with van der Waals surface area (Å²) in [4.78, 5) is 25.1. The van der Waals surface area contributed by atoms with Crippen LogP contribution in [0.4, 0.5) is 0 Å². The van der Waals surface area contributed by atoms with Gasteiger partial charge in [-0.2, -0.15) is 23.5 Å².